The first-order valence-corrected chi connectivity index (χ1v) is 11.7. The van der Waals surface area contributed by atoms with Gasteiger partial charge < -0.3 is 10.6 Å². The van der Waals surface area contributed by atoms with Gasteiger partial charge in [0, 0.05) is 11.4 Å². The van der Waals surface area contributed by atoms with Crippen molar-refractivity contribution in [3.63, 3.8) is 0 Å². The Bertz CT molecular complexity index is 1330. The summed E-state index contributed by atoms with van der Waals surface area (Å²) in [7, 11) is 0. The van der Waals surface area contributed by atoms with Crippen LogP contribution in [-0.4, -0.2) is 32.3 Å². The Kier molecular flexibility index (Phi) is 7.74. The summed E-state index contributed by atoms with van der Waals surface area (Å²) in [5, 5.41) is 14.0. The van der Waals surface area contributed by atoms with Crippen LogP contribution in [0.5, 0.6) is 0 Å². The third kappa shape index (κ3) is 6.03. The Morgan fingerprint density at radius 3 is 2.40 bits per heavy atom. The van der Waals surface area contributed by atoms with E-state index in [4.69, 9.17) is 11.6 Å². The summed E-state index contributed by atoms with van der Waals surface area (Å²) in [6.07, 6.45) is 0. The second-order valence-corrected chi connectivity index (χ2v) is 8.54. The summed E-state index contributed by atoms with van der Waals surface area (Å²) >= 11 is 7.12. The summed E-state index contributed by atoms with van der Waals surface area (Å²) in [5.41, 5.74) is 0.927. The highest BCUT2D eigenvalue weighted by Gasteiger charge is 2.19. The minimum absolute atomic E-state index is 0.00422. The minimum atomic E-state index is -0.733. The molecule has 3 aromatic carbocycles. The van der Waals surface area contributed by atoms with Crippen molar-refractivity contribution in [2.24, 2.45) is 0 Å². The van der Waals surface area contributed by atoms with Gasteiger partial charge in [0.1, 0.15) is 11.6 Å². The fourth-order valence-electron chi connectivity index (χ4n) is 3.17. The number of nitrogens with one attached hydrogen (secondary N) is 2. The first kappa shape index (κ1) is 24.4. The largest absolute Gasteiger partial charge is 0.345 e. The predicted octanol–water partition coefficient (Wildman–Crippen LogP) is 4.86. The maximum absolute atomic E-state index is 14.1. The van der Waals surface area contributed by atoms with Crippen LogP contribution >= 0.6 is 23.4 Å². The Labute approximate surface area is 208 Å². The van der Waals surface area contributed by atoms with Crippen LogP contribution in [0, 0.1) is 11.6 Å². The van der Waals surface area contributed by atoms with Crippen LogP contribution in [0.1, 0.15) is 16.2 Å². The fourth-order valence-corrected chi connectivity index (χ4v) is 4.19. The standard InChI is InChI=1S/C24H18ClF2N5O2S/c25-18-7-4-8-19(27)22(18)23(34)28-13-20-30-31-24(32(20)17-5-2-1-3-6-17)35-14-21(33)29-16-11-9-15(26)10-12-16/h1-12H,13-14H2,(H,28,34)(H,29,33). The molecule has 1 heterocycles. The zero-order valence-electron chi connectivity index (χ0n) is 18.0. The Hall–Kier alpha value is -3.76. The lowest BCUT2D eigenvalue weighted by molar-refractivity contribution is -0.113. The number of para-hydroxylation sites is 1. The normalized spacial score (nSPS) is 10.7. The van der Waals surface area contributed by atoms with Crippen LogP contribution in [0.15, 0.2) is 78.0 Å². The van der Waals surface area contributed by atoms with Crippen LogP contribution in [0.3, 0.4) is 0 Å². The molecule has 0 fully saturated rings. The van der Waals surface area contributed by atoms with Gasteiger partial charge in [-0.2, -0.15) is 0 Å². The summed E-state index contributed by atoms with van der Waals surface area (Å²) in [4.78, 5) is 24.9. The molecule has 1 aromatic heterocycles. The topological polar surface area (TPSA) is 88.9 Å². The van der Waals surface area contributed by atoms with Gasteiger partial charge in [-0.15, -0.1) is 10.2 Å². The van der Waals surface area contributed by atoms with Gasteiger partial charge in [0.25, 0.3) is 5.91 Å². The predicted molar refractivity (Wildman–Crippen MR) is 130 cm³/mol. The number of benzene rings is 3. The van der Waals surface area contributed by atoms with E-state index in [9.17, 15) is 18.4 Å². The van der Waals surface area contributed by atoms with Crippen LogP contribution in [-0.2, 0) is 11.3 Å². The van der Waals surface area contributed by atoms with Crippen molar-refractivity contribution in [3.8, 4) is 5.69 Å². The number of halogens is 3. The molecule has 0 saturated heterocycles. The zero-order valence-corrected chi connectivity index (χ0v) is 19.6. The summed E-state index contributed by atoms with van der Waals surface area (Å²) < 4.78 is 28.8. The second kappa shape index (κ2) is 11.1. The van der Waals surface area contributed by atoms with Crippen LogP contribution < -0.4 is 10.6 Å². The molecule has 178 valence electrons. The van der Waals surface area contributed by atoms with Crippen LogP contribution in [0.2, 0.25) is 5.02 Å². The van der Waals surface area contributed by atoms with Crippen LogP contribution in [0.25, 0.3) is 5.69 Å². The van der Waals surface area contributed by atoms with E-state index in [-0.39, 0.29) is 28.8 Å². The third-order valence-electron chi connectivity index (χ3n) is 4.77. The fraction of sp³-hybridized carbons (Fsp3) is 0.0833. The lowest BCUT2D eigenvalue weighted by Gasteiger charge is -2.11. The number of aromatic nitrogens is 3. The number of carbonyl (C=O) groups is 2. The molecule has 11 heteroatoms. The lowest BCUT2D eigenvalue weighted by Crippen LogP contribution is -2.26. The van der Waals surface area contributed by atoms with Crippen molar-refractivity contribution in [1.29, 1.82) is 0 Å². The van der Waals surface area contributed by atoms with E-state index in [1.807, 2.05) is 30.3 Å². The highest BCUT2D eigenvalue weighted by Crippen LogP contribution is 2.23. The molecule has 2 amide bonds. The van der Waals surface area contributed by atoms with Gasteiger partial charge in [-0.05, 0) is 48.5 Å². The molecule has 0 aliphatic heterocycles. The van der Waals surface area contributed by atoms with E-state index < -0.39 is 17.5 Å². The van der Waals surface area contributed by atoms with Crippen molar-refractivity contribution in [2.75, 3.05) is 11.1 Å². The van der Waals surface area contributed by atoms with Gasteiger partial charge in [-0.1, -0.05) is 47.6 Å². The van der Waals surface area contributed by atoms with Gasteiger partial charge in [-0.3, -0.25) is 14.2 Å². The second-order valence-electron chi connectivity index (χ2n) is 7.19. The van der Waals surface area contributed by atoms with Crippen molar-refractivity contribution in [1.82, 2.24) is 20.1 Å². The molecule has 0 aliphatic carbocycles. The summed E-state index contributed by atoms with van der Waals surface area (Å²) in [5.74, 6) is -1.75. The van der Waals surface area contributed by atoms with Gasteiger partial charge in [0.2, 0.25) is 5.91 Å². The maximum atomic E-state index is 14.1. The molecule has 4 aromatic rings. The van der Waals surface area contributed by atoms with E-state index in [1.54, 1.807) is 4.57 Å². The van der Waals surface area contributed by atoms with Crippen molar-refractivity contribution >= 4 is 40.9 Å². The van der Waals surface area contributed by atoms with Gasteiger partial charge >= 0.3 is 0 Å². The van der Waals surface area contributed by atoms with E-state index in [1.165, 1.54) is 36.4 Å². The molecule has 35 heavy (non-hydrogen) atoms. The molecule has 0 bridgehead atoms. The molecule has 0 saturated carbocycles. The average Bonchev–Trinajstić information content (AvgIpc) is 3.26. The molecular weight excluding hydrogens is 496 g/mol. The number of hydrogen-bond acceptors (Lipinski definition) is 5. The number of amides is 2. The number of carbonyl (C=O) groups excluding carboxylic acids is 2. The number of anilines is 1. The van der Waals surface area contributed by atoms with Crippen molar-refractivity contribution in [3.05, 3.63) is 101 Å². The molecule has 0 atom stereocenters. The highest BCUT2D eigenvalue weighted by atomic mass is 35.5. The van der Waals surface area contributed by atoms with Crippen LogP contribution in [0.4, 0.5) is 14.5 Å². The molecule has 4 rings (SSSR count). The maximum Gasteiger partial charge on any atom is 0.256 e. The Balaban J connectivity index is 1.49. The molecule has 0 unspecified atom stereocenters. The molecule has 0 radical (unpaired) electrons. The van der Waals surface area contributed by atoms with E-state index in [2.05, 4.69) is 20.8 Å². The molecular formula is C24H18ClF2N5O2S. The Morgan fingerprint density at radius 2 is 1.69 bits per heavy atom. The third-order valence-corrected chi connectivity index (χ3v) is 6.02. The summed E-state index contributed by atoms with van der Waals surface area (Å²) in [6, 6.07) is 18.6. The summed E-state index contributed by atoms with van der Waals surface area (Å²) in [6.45, 7) is -0.0618. The van der Waals surface area contributed by atoms with Gasteiger partial charge in [-0.25, -0.2) is 8.78 Å². The minimum Gasteiger partial charge on any atom is -0.345 e. The van der Waals surface area contributed by atoms with Gasteiger partial charge in [0.15, 0.2) is 11.0 Å². The SMILES string of the molecule is O=C(CSc1nnc(CNC(=O)c2c(F)cccc2Cl)n1-c1ccccc1)Nc1ccc(F)cc1. The molecule has 2 N–H and O–H groups in total. The molecule has 7 nitrogen and oxygen atoms in total. The van der Waals surface area contributed by atoms with Gasteiger partial charge in [0.05, 0.1) is 22.9 Å². The zero-order chi connectivity index (χ0) is 24.8. The number of rotatable bonds is 8. The molecule has 0 aliphatic rings. The molecule has 0 spiro atoms. The van der Waals surface area contributed by atoms with E-state index >= 15 is 0 Å². The average molecular weight is 514 g/mol. The monoisotopic (exact) mass is 513 g/mol. The first-order chi connectivity index (χ1) is 16.9. The Morgan fingerprint density at radius 1 is 0.943 bits per heavy atom. The number of nitrogens with zero attached hydrogens (tertiary/aromatic N) is 3. The highest BCUT2D eigenvalue weighted by molar-refractivity contribution is 7.99. The number of hydrogen-bond donors (Lipinski definition) is 2. The quantitative estimate of drug-likeness (QED) is 0.328. The smallest absolute Gasteiger partial charge is 0.256 e. The first-order valence-electron chi connectivity index (χ1n) is 10.3. The van der Waals surface area contributed by atoms with E-state index in [0.717, 1.165) is 17.8 Å². The van der Waals surface area contributed by atoms with E-state index in [0.29, 0.717) is 22.4 Å². The van der Waals surface area contributed by atoms with Crippen molar-refractivity contribution < 1.29 is 18.4 Å². The number of thioether (sulfide) groups is 1. The lowest BCUT2D eigenvalue weighted by atomic mass is 10.2. The van der Waals surface area contributed by atoms with Crippen molar-refractivity contribution in [2.45, 2.75) is 11.7 Å².